The quantitative estimate of drug-likeness (QED) is 0.729. The van der Waals surface area contributed by atoms with E-state index in [0.717, 1.165) is 23.1 Å². The highest BCUT2D eigenvalue weighted by Gasteiger charge is 2.11. The van der Waals surface area contributed by atoms with Gasteiger partial charge < -0.3 is 5.32 Å². The number of nitrogens with zero attached hydrogens (tertiary/aromatic N) is 6. The minimum absolute atomic E-state index is 0.526. The molecule has 0 radical (unpaired) electrons. The van der Waals surface area contributed by atoms with Crippen molar-refractivity contribution in [1.82, 2.24) is 35.3 Å². The number of nitrogens with one attached hydrogen (secondary N) is 1. The van der Waals surface area contributed by atoms with Crippen LogP contribution in [0.5, 0.6) is 0 Å². The van der Waals surface area contributed by atoms with Crippen LogP contribution in [0, 0.1) is 0 Å². The lowest BCUT2D eigenvalue weighted by Gasteiger charge is -1.98. The number of fused-ring (bicyclic) bond motifs is 1. The average Bonchev–Trinajstić information content (AvgIpc) is 2.97. The molecule has 0 amide bonds. The lowest BCUT2D eigenvalue weighted by Crippen LogP contribution is -2.08. The van der Waals surface area contributed by atoms with E-state index < -0.39 is 0 Å². The first kappa shape index (κ1) is 11.8. The van der Waals surface area contributed by atoms with Gasteiger partial charge in [-0.3, -0.25) is 4.68 Å². The molecule has 0 bridgehead atoms. The Morgan fingerprint density at radius 3 is 2.79 bits per heavy atom. The summed E-state index contributed by atoms with van der Waals surface area (Å²) in [7, 11) is 3.67. The Morgan fingerprint density at radius 2 is 2.05 bits per heavy atom. The maximum atomic E-state index is 4.62. The molecule has 1 N–H and O–H groups in total. The molecular weight excluding hydrogens is 242 g/mol. The molecule has 19 heavy (non-hydrogen) atoms. The first-order valence-corrected chi connectivity index (χ1v) is 6.10. The minimum Gasteiger partial charge on any atom is -0.314 e. The number of rotatable bonds is 4. The van der Waals surface area contributed by atoms with Crippen LogP contribution in [0.25, 0.3) is 10.9 Å². The number of hydrogen-bond acceptors (Lipinski definition) is 5. The van der Waals surface area contributed by atoms with Gasteiger partial charge in [0.05, 0.1) is 18.3 Å². The Bertz CT molecular complexity index is 697. The smallest absolute Gasteiger partial charge is 0.196 e. The lowest BCUT2D eigenvalue weighted by molar-refractivity contribution is 0.618. The monoisotopic (exact) mass is 257 g/mol. The van der Waals surface area contributed by atoms with E-state index in [1.165, 1.54) is 4.80 Å². The third-order valence-electron chi connectivity index (χ3n) is 2.92. The van der Waals surface area contributed by atoms with Crippen LogP contribution in [0.15, 0.2) is 24.3 Å². The second-order valence-electron chi connectivity index (χ2n) is 4.35. The highest BCUT2D eigenvalue weighted by Crippen LogP contribution is 2.18. The molecule has 7 nitrogen and oxygen atoms in total. The van der Waals surface area contributed by atoms with Crippen LogP contribution in [0.2, 0.25) is 0 Å². The highest BCUT2D eigenvalue weighted by molar-refractivity contribution is 5.81. The molecule has 0 saturated heterocycles. The first-order chi connectivity index (χ1) is 9.28. The Balaban J connectivity index is 2.03. The fourth-order valence-corrected chi connectivity index (χ4v) is 2.14. The molecule has 1 aromatic carbocycles. The molecule has 3 aromatic rings. The molecule has 0 spiro atoms. The van der Waals surface area contributed by atoms with E-state index in [-0.39, 0.29) is 0 Å². The van der Waals surface area contributed by atoms with Crippen molar-refractivity contribution in [2.45, 2.75) is 13.1 Å². The van der Waals surface area contributed by atoms with E-state index in [4.69, 9.17) is 0 Å². The number of aryl methyl sites for hydroxylation is 1. The molecule has 0 atom stereocenters. The normalized spacial score (nSPS) is 11.3. The van der Waals surface area contributed by atoms with E-state index in [2.05, 4.69) is 38.0 Å². The summed E-state index contributed by atoms with van der Waals surface area (Å²) >= 11 is 0. The average molecular weight is 257 g/mol. The molecule has 0 fully saturated rings. The van der Waals surface area contributed by atoms with Gasteiger partial charge in [-0.05, 0) is 18.3 Å². The van der Waals surface area contributed by atoms with Crippen molar-refractivity contribution < 1.29 is 0 Å². The van der Waals surface area contributed by atoms with Gasteiger partial charge in [-0.25, -0.2) is 0 Å². The molecule has 7 heteroatoms. The van der Waals surface area contributed by atoms with Crippen molar-refractivity contribution in [2.75, 3.05) is 7.05 Å². The van der Waals surface area contributed by atoms with Crippen LogP contribution in [0.4, 0.5) is 0 Å². The molecule has 98 valence electrons. The van der Waals surface area contributed by atoms with Gasteiger partial charge >= 0.3 is 0 Å². The van der Waals surface area contributed by atoms with E-state index in [9.17, 15) is 0 Å². The van der Waals surface area contributed by atoms with Crippen LogP contribution < -0.4 is 5.32 Å². The molecule has 2 heterocycles. The number of benzene rings is 1. The second kappa shape index (κ2) is 4.77. The van der Waals surface area contributed by atoms with Gasteiger partial charge in [-0.15, -0.1) is 10.2 Å². The molecule has 3 rings (SSSR count). The van der Waals surface area contributed by atoms with Crippen LogP contribution in [-0.2, 0) is 20.1 Å². The standard InChI is InChI=1S/C12H15N7/c1-13-7-10-9-5-3-4-6-11(9)19(15-10)8-12-14-17-18(2)16-12/h3-6,13H,7-8H2,1-2H3. The summed E-state index contributed by atoms with van der Waals surface area (Å²) in [6, 6.07) is 8.16. The summed E-state index contributed by atoms with van der Waals surface area (Å²) in [5.74, 6) is 0.659. The molecule has 0 aliphatic carbocycles. The molecule has 0 aliphatic heterocycles. The Morgan fingerprint density at radius 1 is 1.21 bits per heavy atom. The Hall–Kier alpha value is -2.28. The van der Waals surface area contributed by atoms with Crippen molar-refractivity contribution in [3.05, 3.63) is 35.8 Å². The molecule has 0 saturated carbocycles. The second-order valence-corrected chi connectivity index (χ2v) is 4.35. The van der Waals surface area contributed by atoms with E-state index in [1.54, 1.807) is 7.05 Å². The fourth-order valence-electron chi connectivity index (χ4n) is 2.14. The third kappa shape index (κ3) is 2.19. The van der Waals surface area contributed by atoms with Gasteiger partial charge in [-0.2, -0.15) is 9.90 Å². The van der Waals surface area contributed by atoms with Crippen molar-refractivity contribution in [2.24, 2.45) is 7.05 Å². The predicted molar refractivity (Wildman–Crippen MR) is 70.4 cm³/mol. The number of tetrazole rings is 1. The minimum atomic E-state index is 0.526. The van der Waals surface area contributed by atoms with Gasteiger partial charge in [0.1, 0.15) is 6.54 Å². The summed E-state index contributed by atoms with van der Waals surface area (Å²) in [5, 5.41) is 20.9. The fraction of sp³-hybridized carbons (Fsp3) is 0.333. The zero-order valence-corrected chi connectivity index (χ0v) is 10.9. The van der Waals surface area contributed by atoms with E-state index in [1.807, 2.05) is 23.9 Å². The van der Waals surface area contributed by atoms with Crippen LogP contribution in [-0.4, -0.2) is 37.0 Å². The molecule has 2 aromatic heterocycles. The zero-order chi connectivity index (χ0) is 13.2. The summed E-state index contributed by atoms with van der Waals surface area (Å²) in [5.41, 5.74) is 2.11. The number of para-hydroxylation sites is 1. The maximum Gasteiger partial charge on any atom is 0.196 e. The Labute approximate surface area is 110 Å². The number of aromatic nitrogens is 6. The SMILES string of the molecule is CNCc1nn(Cc2nnn(C)n2)c2ccccc12. The largest absolute Gasteiger partial charge is 0.314 e. The van der Waals surface area contributed by atoms with Gasteiger partial charge in [0.2, 0.25) is 0 Å². The Kier molecular flexibility index (Phi) is 2.96. The summed E-state index contributed by atoms with van der Waals surface area (Å²) in [6.45, 7) is 1.26. The van der Waals surface area contributed by atoms with Crippen molar-refractivity contribution in [3.8, 4) is 0 Å². The zero-order valence-electron chi connectivity index (χ0n) is 10.9. The van der Waals surface area contributed by atoms with Gasteiger partial charge in [0.25, 0.3) is 0 Å². The molecule has 0 aliphatic rings. The predicted octanol–water partition coefficient (Wildman–Crippen LogP) is 0.327. The van der Waals surface area contributed by atoms with E-state index in [0.29, 0.717) is 12.4 Å². The van der Waals surface area contributed by atoms with Crippen molar-refractivity contribution in [1.29, 1.82) is 0 Å². The van der Waals surface area contributed by atoms with Crippen molar-refractivity contribution >= 4 is 10.9 Å². The lowest BCUT2D eigenvalue weighted by atomic mass is 10.2. The van der Waals surface area contributed by atoms with E-state index >= 15 is 0 Å². The summed E-state index contributed by atoms with van der Waals surface area (Å²) in [6.07, 6.45) is 0. The van der Waals surface area contributed by atoms with Crippen LogP contribution in [0.3, 0.4) is 0 Å². The first-order valence-electron chi connectivity index (χ1n) is 6.10. The van der Waals surface area contributed by atoms with Gasteiger partial charge in [-0.1, -0.05) is 18.2 Å². The van der Waals surface area contributed by atoms with Crippen molar-refractivity contribution in [3.63, 3.8) is 0 Å². The van der Waals surface area contributed by atoms with Crippen LogP contribution in [0.1, 0.15) is 11.5 Å². The highest BCUT2D eigenvalue weighted by atomic mass is 15.6. The van der Waals surface area contributed by atoms with Gasteiger partial charge in [0.15, 0.2) is 5.82 Å². The third-order valence-corrected chi connectivity index (χ3v) is 2.92. The maximum absolute atomic E-state index is 4.62. The summed E-state index contributed by atoms with van der Waals surface area (Å²) < 4.78 is 1.92. The summed E-state index contributed by atoms with van der Waals surface area (Å²) in [4.78, 5) is 1.45. The molecule has 0 unspecified atom stereocenters. The molecular formula is C12H15N7. The number of hydrogen-bond donors (Lipinski definition) is 1. The van der Waals surface area contributed by atoms with Crippen LogP contribution >= 0.6 is 0 Å². The topological polar surface area (TPSA) is 73.5 Å². The van der Waals surface area contributed by atoms with Gasteiger partial charge in [0, 0.05) is 11.9 Å².